The Morgan fingerprint density at radius 2 is 2.06 bits per heavy atom. The lowest BCUT2D eigenvalue weighted by Gasteiger charge is -2.18. The lowest BCUT2D eigenvalue weighted by molar-refractivity contribution is 0.112. The van der Waals surface area contributed by atoms with Crippen LogP contribution in [0.4, 0.5) is 5.13 Å². The molecular weight excluding hydrogens is 220 g/mol. The summed E-state index contributed by atoms with van der Waals surface area (Å²) in [5.74, 6) is 0. The first-order chi connectivity index (χ1) is 7.76. The highest BCUT2D eigenvalue weighted by Gasteiger charge is 2.13. The molecule has 3 nitrogen and oxygen atoms in total. The van der Waals surface area contributed by atoms with Crippen molar-refractivity contribution < 1.29 is 4.79 Å². The van der Waals surface area contributed by atoms with Crippen molar-refractivity contribution in [3.63, 3.8) is 0 Å². The first kappa shape index (κ1) is 13.2. The largest absolute Gasteiger partial charge is 0.348 e. The zero-order valence-electron chi connectivity index (χ0n) is 10.3. The van der Waals surface area contributed by atoms with Crippen molar-refractivity contribution >= 4 is 22.8 Å². The minimum absolute atomic E-state index is 0.798. The summed E-state index contributed by atoms with van der Waals surface area (Å²) < 4.78 is 0. The molecule has 0 aliphatic heterocycles. The summed E-state index contributed by atoms with van der Waals surface area (Å²) in [4.78, 5) is 18.5. The average molecular weight is 240 g/mol. The second kappa shape index (κ2) is 6.63. The number of anilines is 1. The molecule has 0 unspecified atom stereocenters. The van der Waals surface area contributed by atoms with E-state index in [2.05, 4.69) is 30.7 Å². The van der Waals surface area contributed by atoms with Crippen LogP contribution in [0.2, 0.25) is 0 Å². The van der Waals surface area contributed by atoms with Gasteiger partial charge < -0.3 is 4.90 Å². The molecule has 0 spiro atoms. The molecule has 1 aromatic rings. The van der Waals surface area contributed by atoms with Gasteiger partial charge >= 0.3 is 0 Å². The number of rotatable bonds is 7. The molecule has 0 fully saturated rings. The van der Waals surface area contributed by atoms with Crippen LogP contribution in [-0.4, -0.2) is 24.4 Å². The Morgan fingerprint density at radius 3 is 2.56 bits per heavy atom. The second-order valence-corrected chi connectivity index (χ2v) is 4.76. The molecule has 90 valence electrons. The SMILES string of the molecule is CCCc1nc(N(CC)CCC)sc1C=O. The molecular formula is C12H20N2OS. The van der Waals surface area contributed by atoms with Crippen molar-refractivity contribution in [2.24, 2.45) is 0 Å². The van der Waals surface area contributed by atoms with Gasteiger partial charge in [0.1, 0.15) is 0 Å². The van der Waals surface area contributed by atoms with Gasteiger partial charge in [-0.3, -0.25) is 4.79 Å². The molecule has 16 heavy (non-hydrogen) atoms. The van der Waals surface area contributed by atoms with Gasteiger partial charge in [0.25, 0.3) is 0 Å². The highest BCUT2D eigenvalue weighted by Crippen LogP contribution is 2.26. The minimum Gasteiger partial charge on any atom is -0.348 e. The molecule has 0 N–H and O–H groups in total. The van der Waals surface area contributed by atoms with Gasteiger partial charge in [0.15, 0.2) is 11.4 Å². The Balaban J connectivity index is 2.91. The molecule has 0 saturated carbocycles. The molecule has 0 aromatic carbocycles. The molecule has 1 rings (SSSR count). The van der Waals surface area contributed by atoms with Crippen LogP contribution < -0.4 is 4.90 Å². The predicted molar refractivity (Wildman–Crippen MR) is 69.7 cm³/mol. The third-order valence-corrected chi connectivity index (χ3v) is 3.54. The quantitative estimate of drug-likeness (QED) is 0.686. The maximum atomic E-state index is 10.9. The third-order valence-electron chi connectivity index (χ3n) is 2.46. The van der Waals surface area contributed by atoms with E-state index in [1.807, 2.05) is 0 Å². The number of carbonyl (C=O) groups is 1. The summed E-state index contributed by atoms with van der Waals surface area (Å²) in [5.41, 5.74) is 0.965. The van der Waals surface area contributed by atoms with E-state index in [-0.39, 0.29) is 0 Å². The van der Waals surface area contributed by atoms with E-state index >= 15 is 0 Å². The molecule has 0 bridgehead atoms. The molecule has 0 atom stereocenters. The summed E-state index contributed by atoms with van der Waals surface area (Å²) in [5, 5.41) is 0.995. The zero-order chi connectivity index (χ0) is 12.0. The highest BCUT2D eigenvalue weighted by molar-refractivity contribution is 7.17. The van der Waals surface area contributed by atoms with E-state index in [4.69, 9.17) is 0 Å². The predicted octanol–water partition coefficient (Wildman–Crippen LogP) is 3.14. The number of hydrogen-bond donors (Lipinski definition) is 0. The highest BCUT2D eigenvalue weighted by atomic mass is 32.1. The van der Waals surface area contributed by atoms with E-state index in [0.717, 1.165) is 54.3 Å². The summed E-state index contributed by atoms with van der Waals surface area (Å²) in [7, 11) is 0. The van der Waals surface area contributed by atoms with Crippen LogP contribution in [0.3, 0.4) is 0 Å². The number of nitrogens with zero attached hydrogens (tertiary/aromatic N) is 2. The van der Waals surface area contributed by atoms with Gasteiger partial charge in [0.05, 0.1) is 10.6 Å². The summed E-state index contributed by atoms with van der Waals surface area (Å²) in [6, 6.07) is 0. The van der Waals surface area contributed by atoms with Crippen molar-refractivity contribution in [2.75, 3.05) is 18.0 Å². The normalized spacial score (nSPS) is 10.4. The molecule has 0 aliphatic rings. The van der Waals surface area contributed by atoms with Gasteiger partial charge in [0.2, 0.25) is 0 Å². The van der Waals surface area contributed by atoms with Crippen molar-refractivity contribution in [3.05, 3.63) is 10.6 Å². The van der Waals surface area contributed by atoms with Crippen LogP contribution in [0.5, 0.6) is 0 Å². The van der Waals surface area contributed by atoms with E-state index in [1.165, 1.54) is 11.3 Å². The molecule has 1 heterocycles. The average Bonchev–Trinajstić information content (AvgIpc) is 2.69. The lowest BCUT2D eigenvalue weighted by Crippen LogP contribution is -2.23. The Bertz CT molecular complexity index is 336. The molecule has 0 radical (unpaired) electrons. The Hall–Kier alpha value is -0.900. The van der Waals surface area contributed by atoms with E-state index in [9.17, 15) is 4.79 Å². The van der Waals surface area contributed by atoms with Crippen LogP contribution in [0, 0.1) is 0 Å². The van der Waals surface area contributed by atoms with Crippen molar-refractivity contribution in [2.45, 2.75) is 40.0 Å². The summed E-state index contributed by atoms with van der Waals surface area (Å²) in [6.07, 6.45) is 3.97. The second-order valence-electron chi connectivity index (χ2n) is 3.75. The molecule has 1 aromatic heterocycles. The van der Waals surface area contributed by atoms with Gasteiger partial charge in [-0.25, -0.2) is 4.98 Å². The van der Waals surface area contributed by atoms with Crippen LogP contribution in [0.1, 0.15) is 49.0 Å². The van der Waals surface area contributed by atoms with Gasteiger partial charge in [-0.05, 0) is 19.8 Å². The molecule has 4 heteroatoms. The standard InChI is InChI=1S/C12H20N2OS/c1-4-7-10-11(9-15)16-12(13-10)14(6-3)8-5-2/h9H,4-8H2,1-3H3. The number of carbonyl (C=O) groups excluding carboxylic acids is 1. The number of aryl methyl sites for hydroxylation is 1. The maximum absolute atomic E-state index is 10.9. The first-order valence-electron chi connectivity index (χ1n) is 5.96. The summed E-state index contributed by atoms with van der Waals surface area (Å²) >= 11 is 1.52. The molecule has 0 amide bonds. The Labute approximate surface area is 101 Å². The number of thiazole rings is 1. The molecule has 0 saturated heterocycles. The van der Waals surface area contributed by atoms with Crippen molar-refractivity contribution in [3.8, 4) is 0 Å². The number of aldehydes is 1. The van der Waals surface area contributed by atoms with Crippen LogP contribution in [0.25, 0.3) is 0 Å². The fourth-order valence-electron chi connectivity index (χ4n) is 1.65. The van der Waals surface area contributed by atoms with Crippen molar-refractivity contribution in [1.29, 1.82) is 0 Å². The van der Waals surface area contributed by atoms with Gasteiger partial charge in [-0.2, -0.15) is 0 Å². The topological polar surface area (TPSA) is 33.2 Å². The van der Waals surface area contributed by atoms with E-state index in [0.29, 0.717) is 0 Å². The first-order valence-corrected chi connectivity index (χ1v) is 6.78. The Morgan fingerprint density at radius 1 is 1.31 bits per heavy atom. The fraction of sp³-hybridized carbons (Fsp3) is 0.667. The fourth-order valence-corrected chi connectivity index (χ4v) is 2.67. The van der Waals surface area contributed by atoms with E-state index in [1.54, 1.807) is 0 Å². The minimum atomic E-state index is 0.798. The monoisotopic (exact) mass is 240 g/mol. The Kier molecular flexibility index (Phi) is 5.46. The maximum Gasteiger partial charge on any atom is 0.186 e. The third kappa shape index (κ3) is 3.04. The number of aromatic nitrogens is 1. The molecule has 0 aliphatic carbocycles. The van der Waals surface area contributed by atoms with Gasteiger partial charge in [-0.15, -0.1) is 0 Å². The summed E-state index contributed by atoms with van der Waals surface area (Å²) in [6.45, 7) is 8.34. The van der Waals surface area contributed by atoms with Crippen LogP contribution >= 0.6 is 11.3 Å². The van der Waals surface area contributed by atoms with Gasteiger partial charge in [0, 0.05) is 13.1 Å². The van der Waals surface area contributed by atoms with Crippen LogP contribution in [-0.2, 0) is 6.42 Å². The smallest absolute Gasteiger partial charge is 0.186 e. The lowest BCUT2D eigenvalue weighted by atomic mass is 10.2. The van der Waals surface area contributed by atoms with E-state index < -0.39 is 0 Å². The van der Waals surface area contributed by atoms with Crippen molar-refractivity contribution in [1.82, 2.24) is 4.98 Å². The zero-order valence-corrected chi connectivity index (χ0v) is 11.1. The van der Waals surface area contributed by atoms with Crippen LogP contribution in [0.15, 0.2) is 0 Å². The number of hydrogen-bond acceptors (Lipinski definition) is 4. The van der Waals surface area contributed by atoms with Gasteiger partial charge in [-0.1, -0.05) is 31.6 Å².